The van der Waals surface area contributed by atoms with Gasteiger partial charge in [-0.05, 0) is 51.2 Å². The van der Waals surface area contributed by atoms with Crippen molar-refractivity contribution in [3.05, 3.63) is 59.2 Å². The molecule has 0 spiro atoms. The maximum Gasteiger partial charge on any atom is 0.389 e. The van der Waals surface area contributed by atoms with Crippen LogP contribution in [0.3, 0.4) is 0 Å². The fourth-order valence-electron chi connectivity index (χ4n) is 5.03. The van der Waals surface area contributed by atoms with Gasteiger partial charge in [0.1, 0.15) is 5.75 Å². The van der Waals surface area contributed by atoms with E-state index in [9.17, 15) is 40.7 Å². The number of fused-ring (bicyclic) bond motifs is 1. The molecule has 2 aromatic rings. The fraction of sp³-hybridized carbons (Fsp3) is 0.467. The van der Waals surface area contributed by atoms with Gasteiger partial charge in [0, 0.05) is 35.8 Å². The number of para-hydroxylation sites is 1. The van der Waals surface area contributed by atoms with E-state index in [4.69, 9.17) is 10.5 Å². The molecule has 2 aliphatic rings. The summed E-state index contributed by atoms with van der Waals surface area (Å²) >= 11 is 0. The molecular formula is C30H32F6N4O4. The van der Waals surface area contributed by atoms with Gasteiger partial charge in [-0.2, -0.15) is 26.3 Å². The van der Waals surface area contributed by atoms with Gasteiger partial charge in [0.05, 0.1) is 17.5 Å². The third-order valence-corrected chi connectivity index (χ3v) is 7.33. The molecule has 1 saturated carbocycles. The number of amides is 3. The number of benzene rings is 2. The van der Waals surface area contributed by atoms with Crippen molar-refractivity contribution in [2.45, 2.75) is 76.5 Å². The molecule has 4 N–H and O–H groups in total. The number of carbonyl (C=O) groups excluding carboxylic acids is 3. The number of halogens is 6. The van der Waals surface area contributed by atoms with E-state index in [1.165, 1.54) is 0 Å². The number of nitrogens with one attached hydrogen (secondary N) is 2. The Kier molecular flexibility index (Phi) is 9.89. The van der Waals surface area contributed by atoms with Gasteiger partial charge < -0.3 is 21.1 Å². The molecule has 1 aliphatic heterocycles. The first-order valence-electron chi connectivity index (χ1n) is 14.1. The normalized spacial score (nSPS) is 18.3. The number of nitrogens with zero attached hydrogens (tertiary/aromatic N) is 1. The minimum atomic E-state index is -4.73. The summed E-state index contributed by atoms with van der Waals surface area (Å²) in [5.41, 5.74) is 7.84. The number of carbonyl (C=O) groups is 3. The van der Waals surface area contributed by atoms with Crippen molar-refractivity contribution in [1.82, 2.24) is 5.32 Å². The lowest BCUT2D eigenvalue weighted by Crippen LogP contribution is -2.48. The van der Waals surface area contributed by atoms with Crippen molar-refractivity contribution in [2.75, 3.05) is 5.32 Å². The zero-order valence-electron chi connectivity index (χ0n) is 23.7. The molecular weight excluding hydrogens is 594 g/mol. The third-order valence-electron chi connectivity index (χ3n) is 7.33. The van der Waals surface area contributed by atoms with E-state index in [1.54, 1.807) is 36.4 Å². The molecule has 2 unspecified atom stereocenters. The number of nitrogens with two attached hydrogens (primary N) is 1. The third kappa shape index (κ3) is 8.96. The highest BCUT2D eigenvalue weighted by molar-refractivity contribution is 6.20. The number of aliphatic imine (C=N–C) groups is 1. The topological polar surface area (TPSA) is 123 Å². The number of benzodiazepines with no additional fused rings is 1. The largest absolute Gasteiger partial charge is 0.488 e. The second-order valence-corrected chi connectivity index (χ2v) is 11.0. The number of hydrogen-bond donors (Lipinski definition) is 3. The first-order chi connectivity index (χ1) is 20.6. The summed E-state index contributed by atoms with van der Waals surface area (Å²) in [6, 6.07) is 12.2. The predicted octanol–water partition coefficient (Wildman–Crippen LogP) is 5.56. The lowest BCUT2D eigenvalue weighted by molar-refractivity contribution is -0.147. The minimum absolute atomic E-state index is 0.0333. The van der Waals surface area contributed by atoms with Crippen molar-refractivity contribution in [3.8, 4) is 5.75 Å². The van der Waals surface area contributed by atoms with Crippen LogP contribution in [0.15, 0.2) is 47.5 Å². The number of aryl methyl sites for hydroxylation is 1. The Morgan fingerprint density at radius 2 is 1.70 bits per heavy atom. The Morgan fingerprint density at radius 1 is 1.02 bits per heavy atom. The summed E-state index contributed by atoms with van der Waals surface area (Å²) < 4.78 is 83.8. The standard InChI is InChI=1S/C30H32F6N4O4/c1-16-5-2-6-17(15-16)23-21-7-3-9-22(44-18-10-11-18)24(21)39-28(43)26(38-23)40-27(42)20(12-14-30(34,35)36)19(25(37)41)8-4-13-29(31,32)33/h2-3,5-7,9,15,18-20,26H,4,8,10-14H2,1H3,(H2,37,41)(H,39,43)(H,40,42)/t19?,20?,26-/m1/s1. The van der Waals surface area contributed by atoms with Gasteiger partial charge in [-0.15, -0.1) is 0 Å². The van der Waals surface area contributed by atoms with Crippen LogP contribution in [0.5, 0.6) is 5.75 Å². The predicted molar refractivity (Wildman–Crippen MR) is 149 cm³/mol. The Bertz CT molecular complexity index is 1420. The summed E-state index contributed by atoms with van der Waals surface area (Å²) in [7, 11) is 0. The van der Waals surface area contributed by atoms with Gasteiger partial charge in [-0.1, -0.05) is 35.9 Å². The molecule has 3 amide bonds. The molecule has 238 valence electrons. The highest BCUT2D eigenvalue weighted by atomic mass is 19.4. The number of alkyl halides is 6. The maximum absolute atomic E-state index is 13.5. The summed E-state index contributed by atoms with van der Waals surface area (Å²) in [5, 5.41) is 5.03. The van der Waals surface area contributed by atoms with Gasteiger partial charge in [0.2, 0.25) is 18.0 Å². The Labute approximate surface area is 249 Å². The first kappa shape index (κ1) is 32.8. The van der Waals surface area contributed by atoms with E-state index >= 15 is 0 Å². The van der Waals surface area contributed by atoms with Gasteiger partial charge in [0.25, 0.3) is 5.91 Å². The van der Waals surface area contributed by atoms with Crippen LogP contribution in [0.2, 0.25) is 0 Å². The van der Waals surface area contributed by atoms with Crippen molar-refractivity contribution in [3.63, 3.8) is 0 Å². The maximum atomic E-state index is 13.5. The minimum Gasteiger partial charge on any atom is -0.488 e. The van der Waals surface area contributed by atoms with Gasteiger partial charge in [-0.25, -0.2) is 4.99 Å². The van der Waals surface area contributed by atoms with Gasteiger partial charge in [-0.3, -0.25) is 14.4 Å². The van der Waals surface area contributed by atoms with Gasteiger partial charge >= 0.3 is 12.4 Å². The molecule has 4 rings (SSSR count). The van der Waals surface area contributed by atoms with E-state index in [0.29, 0.717) is 16.9 Å². The molecule has 3 atom stereocenters. The summed E-state index contributed by atoms with van der Waals surface area (Å²) in [4.78, 5) is 43.7. The SMILES string of the molecule is Cc1cccc(C2=N[C@H](NC(=O)C(CCC(F)(F)F)C(CCCC(F)(F)F)C(N)=O)C(=O)Nc3c(OC4CC4)cccc32)c1. The molecule has 2 aromatic carbocycles. The van der Waals surface area contributed by atoms with Crippen molar-refractivity contribution < 1.29 is 45.5 Å². The Balaban J connectivity index is 1.69. The summed E-state index contributed by atoms with van der Waals surface area (Å²) in [6.07, 6.45) is -14.3. The quantitative estimate of drug-likeness (QED) is 0.267. The lowest BCUT2D eigenvalue weighted by Gasteiger charge is -2.26. The van der Waals surface area contributed by atoms with Crippen LogP contribution < -0.4 is 21.1 Å². The van der Waals surface area contributed by atoms with Crippen LogP contribution >= 0.6 is 0 Å². The zero-order chi connectivity index (χ0) is 32.2. The summed E-state index contributed by atoms with van der Waals surface area (Å²) in [5.74, 6) is -6.28. The number of primary amides is 1. The summed E-state index contributed by atoms with van der Waals surface area (Å²) in [6.45, 7) is 1.84. The van der Waals surface area contributed by atoms with Crippen molar-refractivity contribution >= 4 is 29.1 Å². The van der Waals surface area contributed by atoms with Crippen LogP contribution in [0.25, 0.3) is 0 Å². The number of anilines is 1. The van der Waals surface area contributed by atoms with Crippen LogP contribution in [0.1, 0.15) is 61.6 Å². The van der Waals surface area contributed by atoms with Gasteiger partial charge in [0.15, 0.2) is 0 Å². The molecule has 44 heavy (non-hydrogen) atoms. The zero-order valence-corrected chi connectivity index (χ0v) is 23.7. The van der Waals surface area contributed by atoms with E-state index in [0.717, 1.165) is 18.4 Å². The highest BCUT2D eigenvalue weighted by Gasteiger charge is 2.39. The second-order valence-electron chi connectivity index (χ2n) is 11.0. The fourth-order valence-corrected chi connectivity index (χ4v) is 5.03. The monoisotopic (exact) mass is 626 g/mol. The lowest BCUT2D eigenvalue weighted by atomic mass is 9.83. The molecule has 1 fully saturated rings. The average Bonchev–Trinajstić information content (AvgIpc) is 3.74. The smallest absolute Gasteiger partial charge is 0.389 e. The number of rotatable bonds is 12. The van der Waals surface area contributed by atoms with Crippen LogP contribution in [0.4, 0.5) is 32.0 Å². The van der Waals surface area contributed by atoms with Crippen molar-refractivity contribution in [1.29, 1.82) is 0 Å². The van der Waals surface area contributed by atoms with Crippen LogP contribution in [-0.2, 0) is 14.4 Å². The van der Waals surface area contributed by atoms with Crippen LogP contribution in [0, 0.1) is 18.8 Å². The molecule has 0 radical (unpaired) electrons. The molecule has 14 heteroatoms. The van der Waals surface area contributed by atoms with Crippen molar-refractivity contribution in [2.24, 2.45) is 22.6 Å². The van der Waals surface area contributed by atoms with E-state index in [2.05, 4.69) is 15.6 Å². The molecule has 1 aliphatic carbocycles. The first-order valence-corrected chi connectivity index (χ1v) is 14.1. The molecule has 0 saturated heterocycles. The average molecular weight is 627 g/mol. The number of hydrogen-bond acceptors (Lipinski definition) is 5. The Hall–Kier alpha value is -4.10. The number of ether oxygens (including phenoxy) is 1. The van der Waals surface area contributed by atoms with E-state index in [1.807, 2.05) is 13.0 Å². The molecule has 0 bridgehead atoms. The Morgan fingerprint density at radius 3 is 2.32 bits per heavy atom. The molecule has 8 nitrogen and oxygen atoms in total. The van der Waals surface area contributed by atoms with E-state index in [-0.39, 0.29) is 17.5 Å². The van der Waals surface area contributed by atoms with Crippen LogP contribution in [-0.4, -0.2) is 48.1 Å². The molecule has 1 heterocycles. The second kappa shape index (κ2) is 13.3. The molecule has 0 aromatic heterocycles. The van der Waals surface area contributed by atoms with E-state index < -0.39 is 80.2 Å². The highest BCUT2D eigenvalue weighted by Crippen LogP contribution is 2.37.